The molecular weight excluding hydrogens is 347 g/mol. The van der Waals surface area contributed by atoms with Gasteiger partial charge in [-0.15, -0.1) is 12.4 Å². The second-order valence-electron chi connectivity index (χ2n) is 6.39. The molecule has 0 spiro atoms. The second kappa shape index (κ2) is 9.01. The topological polar surface area (TPSA) is 73.5 Å². The van der Waals surface area contributed by atoms with Crippen molar-refractivity contribution in [2.45, 2.75) is 25.3 Å². The van der Waals surface area contributed by atoms with Crippen molar-refractivity contribution in [3.63, 3.8) is 0 Å². The number of carbonyl (C=O) groups is 2. The maximum absolute atomic E-state index is 12.8. The molecule has 2 fully saturated rings. The number of benzene rings is 1. The van der Waals surface area contributed by atoms with Crippen molar-refractivity contribution < 1.29 is 14.0 Å². The van der Waals surface area contributed by atoms with Crippen molar-refractivity contribution in [1.82, 2.24) is 15.5 Å². The Labute approximate surface area is 152 Å². The quantitative estimate of drug-likeness (QED) is 0.761. The van der Waals surface area contributed by atoms with Gasteiger partial charge in [0.2, 0.25) is 5.91 Å². The highest BCUT2D eigenvalue weighted by atomic mass is 35.5. The molecule has 1 atom stereocenters. The molecule has 0 bridgehead atoms. The summed E-state index contributed by atoms with van der Waals surface area (Å²) in [5, 5.41) is 8.82. The van der Waals surface area contributed by atoms with Gasteiger partial charge in [-0.25, -0.2) is 9.18 Å². The summed E-state index contributed by atoms with van der Waals surface area (Å²) >= 11 is 0. The number of nitrogens with zero attached hydrogens (tertiary/aromatic N) is 1. The van der Waals surface area contributed by atoms with Crippen LogP contribution in [0.4, 0.5) is 14.9 Å². The molecule has 25 heavy (non-hydrogen) atoms. The minimum Gasteiger partial charge on any atom is -0.342 e. The van der Waals surface area contributed by atoms with Crippen molar-refractivity contribution in [3.05, 3.63) is 30.1 Å². The molecule has 0 aliphatic carbocycles. The normalized spacial score (nSPS) is 20.7. The van der Waals surface area contributed by atoms with Gasteiger partial charge in [0.25, 0.3) is 0 Å². The van der Waals surface area contributed by atoms with E-state index < -0.39 is 0 Å². The monoisotopic (exact) mass is 370 g/mol. The molecule has 3 amide bonds. The third-order valence-electron chi connectivity index (χ3n) is 4.65. The van der Waals surface area contributed by atoms with E-state index in [1.807, 2.05) is 4.90 Å². The third kappa shape index (κ3) is 5.31. The first kappa shape index (κ1) is 19.5. The van der Waals surface area contributed by atoms with Gasteiger partial charge in [-0.1, -0.05) is 0 Å². The number of carbonyl (C=O) groups excluding carboxylic acids is 2. The van der Waals surface area contributed by atoms with Crippen LogP contribution in [0.5, 0.6) is 0 Å². The van der Waals surface area contributed by atoms with E-state index >= 15 is 0 Å². The van der Waals surface area contributed by atoms with Crippen molar-refractivity contribution in [1.29, 1.82) is 0 Å². The number of amides is 3. The number of likely N-dealkylation sites (tertiary alicyclic amines) is 1. The second-order valence-corrected chi connectivity index (χ2v) is 6.39. The molecule has 1 unspecified atom stereocenters. The molecule has 0 aromatic heterocycles. The van der Waals surface area contributed by atoms with Crippen LogP contribution in [0.25, 0.3) is 0 Å². The SMILES string of the molecule is Cl.O=C(Nc1ccc(F)cc1)NC1CCN(C(=O)C2CCNC2)CC1. The summed E-state index contributed by atoms with van der Waals surface area (Å²) in [7, 11) is 0. The molecule has 2 saturated heterocycles. The number of hydrogen-bond donors (Lipinski definition) is 3. The van der Waals surface area contributed by atoms with Crippen molar-refractivity contribution in [3.8, 4) is 0 Å². The van der Waals surface area contributed by atoms with E-state index in [4.69, 9.17) is 0 Å². The van der Waals surface area contributed by atoms with Gasteiger partial charge in [0.1, 0.15) is 5.82 Å². The molecule has 3 rings (SSSR count). The fraction of sp³-hybridized carbons (Fsp3) is 0.529. The Morgan fingerprint density at radius 2 is 1.80 bits per heavy atom. The molecule has 0 radical (unpaired) electrons. The van der Waals surface area contributed by atoms with Crippen molar-refractivity contribution >= 4 is 30.0 Å². The number of anilines is 1. The van der Waals surface area contributed by atoms with Gasteiger partial charge in [0.05, 0.1) is 5.92 Å². The van der Waals surface area contributed by atoms with Crippen LogP contribution in [0.3, 0.4) is 0 Å². The molecule has 0 saturated carbocycles. The minimum absolute atomic E-state index is 0. The Bertz CT molecular complexity index is 585. The Kier molecular flexibility index (Phi) is 7.01. The highest BCUT2D eigenvalue weighted by Gasteiger charge is 2.30. The Balaban J connectivity index is 0.00000225. The smallest absolute Gasteiger partial charge is 0.319 e. The fourth-order valence-corrected chi connectivity index (χ4v) is 3.25. The van der Waals surface area contributed by atoms with Gasteiger partial charge in [-0.3, -0.25) is 4.79 Å². The maximum atomic E-state index is 12.8. The van der Waals surface area contributed by atoms with E-state index in [1.54, 1.807) is 0 Å². The third-order valence-corrected chi connectivity index (χ3v) is 4.65. The molecular formula is C17H24ClFN4O2. The lowest BCUT2D eigenvalue weighted by Crippen LogP contribution is -2.49. The van der Waals surface area contributed by atoms with Crippen LogP contribution >= 0.6 is 12.4 Å². The number of piperidine rings is 1. The van der Waals surface area contributed by atoms with E-state index in [0.717, 1.165) is 32.4 Å². The van der Waals surface area contributed by atoms with E-state index in [2.05, 4.69) is 16.0 Å². The number of rotatable bonds is 3. The molecule has 2 aliphatic heterocycles. The highest BCUT2D eigenvalue weighted by molar-refractivity contribution is 5.89. The number of halogens is 2. The van der Waals surface area contributed by atoms with Crippen LogP contribution in [-0.4, -0.2) is 49.1 Å². The van der Waals surface area contributed by atoms with Gasteiger partial charge < -0.3 is 20.9 Å². The zero-order chi connectivity index (χ0) is 16.9. The summed E-state index contributed by atoms with van der Waals surface area (Å²) in [4.78, 5) is 26.2. The predicted octanol–water partition coefficient (Wildman–Crippen LogP) is 1.97. The number of nitrogens with one attached hydrogen (secondary N) is 3. The Hall–Kier alpha value is -1.86. The lowest BCUT2D eigenvalue weighted by Gasteiger charge is -2.33. The first-order valence-electron chi connectivity index (χ1n) is 8.44. The highest BCUT2D eigenvalue weighted by Crippen LogP contribution is 2.17. The molecule has 6 nitrogen and oxygen atoms in total. The van der Waals surface area contributed by atoms with E-state index in [1.165, 1.54) is 24.3 Å². The fourth-order valence-electron chi connectivity index (χ4n) is 3.25. The van der Waals surface area contributed by atoms with Crippen LogP contribution in [-0.2, 0) is 4.79 Å². The standard InChI is InChI=1S/C17H23FN4O2.ClH/c18-13-1-3-14(4-2-13)20-17(24)21-15-6-9-22(10-7-15)16(23)12-5-8-19-11-12;/h1-4,12,15,19H,5-11H2,(H2,20,21,24);1H. The van der Waals surface area contributed by atoms with Crippen LogP contribution in [0.1, 0.15) is 19.3 Å². The molecule has 2 heterocycles. The first-order valence-corrected chi connectivity index (χ1v) is 8.44. The first-order chi connectivity index (χ1) is 11.6. The zero-order valence-corrected chi connectivity index (χ0v) is 14.8. The number of hydrogen-bond acceptors (Lipinski definition) is 3. The van der Waals surface area contributed by atoms with E-state index in [9.17, 15) is 14.0 Å². The van der Waals surface area contributed by atoms with E-state index in [0.29, 0.717) is 18.8 Å². The van der Waals surface area contributed by atoms with Crippen LogP contribution in [0.2, 0.25) is 0 Å². The summed E-state index contributed by atoms with van der Waals surface area (Å²) < 4.78 is 12.8. The van der Waals surface area contributed by atoms with E-state index in [-0.39, 0.29) is 42.1 Å². The Morgan fingerprint density at radius 3 is 2.40 bits per heavy atom. The Morgan fingerprint density at radius 1 is 1.12 bits per heavy atom. The average molecular weight is 371 g/mol. The molecule has 1 aromatic rings. The lowest BCUT2D eigenvalue weighted by atomic mass is 10.0. The van der Waals surface area contributed by atoms with Gasteiger partial charge in [0.15, 0.2) is 0 Å². The van der Waals surface area contributed by atoms with Crippen molar-refractivity contribution in [2.75, 3.05) is 31.5 Å². The molecule has 3 N–H and O–H groups in total. The van der Waals surface area contributed by atoms with Crippen LogP contribution in [0, 0.1) is 11.7 Å². The summed E-state index contributed by atoms with van der Waals surface area (Å²) in [5.41, 5.74) is 0.551. The van der Waals surface area contributed by atoms with Crippen LogP contribution < -0.4 is 16.0 Å². The van der Waals surface area contributed by atoms with Gasteiger partial charge in [0, 0.05) is 31.4 Å². The average Bonchev–Trinajstić information content (AvgIpc) is 3.11. The summed E-state index contributed by atoms with van der Waals surface area (Å²) in [6.45, 7) is 3.04. The van der Waals surface area contributed by atoms with Crippen LogP contribution in [0.15, 0.2) is 24.3 Å². The molecule has 2 aliphatic rings. The van der Waals surface area contributed by atoms with Gasteiger partial charge in [-0.2, -0.15) is 0 Å². The predicted molar refractivity (Wildman–Crippen MR) is 96.4 cm³/mol. The lowest BCUT2D eigenvalue weighted by molar-refractivity contribution is -0.136. The van der Waals surface area contributed by atoms with Crippen molar-refractivity contribution in [2.24, 2.45) is 5.92 Å². The zero-order valence-electron chi connectivity index (χ0n) is 14.0. The molecule has 138 valence electrons. The number of urea groups is 1. The molecule has 8 heteroatoms. The van der Waals surface area contributed by atoms with Gasteiger partial charge in [-0.05, 0) is 50.1 Å². The maximum Gasteiger partial charge on any atom is 0.319 e. The summed E-state index contributed by atoms with van der Waals surface area (Å²) in [5.74, 6) is 0.000887. The summed E-state index contributed by atoms with van der Waals surface area (Å²) in [6, 6.07) is 5.40. The molecule has 1 aromatic carbocycles. The minimum atomic E-state index is -0.338. The summed E-state index contributed by atoms with van der Waals surface area (Å²) in [6.07, 6.45) is 2.42. The largest absolute Gasteiger partial charge is 0.342 e. The van der Waals surface area contributed by atoms with Gasteiger partial charge >= 0.3 is 6.03 Å².